The molecule has 2 amide bonds. The third-order valence-electron chi connectivity index (χ3n) is 11.3. The number of hydrogen-bond donors (Lipinski definition) is 0. The van der Waals surface area contributed by atoms with Crippen LogP contribution in [0.15, 0.2) is 41.3 Å². The van der Waals surface area contributed by atoms with Crippen molar-refractivity contribution in [1.82, 2.24) is 23.9 Å². The van der Waals surface area contributed by atoms with Crippen LogP contribution in [0.4, 0.5) is 0 Å². The van der Waals surface area contributed by atoms with Gasteiger partial charge in [0.25, 0.3) is 5.91 Å². The number of rotatable bonds is 13. The zero-order chi connectivity index (χ0) is 34.3. The molecule has 3 aliphatic heterocycles. The van der Waals surface area contributed by atoms with Gasteiger partial charge in [-0.1, -0.05) is 18.2 Å². The lowest BCUT2D eigenvalue weighted by atomic mass is 9.84. The van der Waals surface area contributed by atoms with E-state index in [4.69, 9.17) is 9.47 Å². The lowest BCUT2D eigenvalue weighted by Gasteiger charge is -2.52. The van der Waals surface area contributed by atoms with Crippen molar-refractivity contribution < 1.29 is 27.5 Å². The van der Waals surface area contributed by atoms with Crippen molar-refractivity contribution in [3.05, 3.63) is 58.7 Å². The number of hydrogen-bond acceptors (Lipinski definition) is 8. The minimum Gasteiger partial charge on any atom is -0.497 e. The molecule has 0 radical (unpaired) electrons. The fourth-order valence-electron chi connectivity index (χ4n) is 8.36. The maximum atomic E-state index is 13.8. The molecule has 2 aromatic carbocycles. The number of piperazine rings is 1. The second-order valence-corrected chi connectivity index (χ2v) is 16.5. The third-order valence-corrected chi connectivity index (χ3v) is 13.6. The Kier molecular flexibility index (Phi) is 9.79. The predicted octanol–water partition coefficient (Wildman–Crippen LogP) is 3.28. The lowest BCUT2D eigenvalue weighted by molar-refractivity contribution is -0.139. The SMILES string of the molecule is COc1cc(C)c(S(=O)(=O)N(CCOCC(=O)N2CCC(CN3Cc4ccccc4C3=O)(N3CCN(C4CC4)CC3)CC2)C2CC2)c(C)c1. The molecule has 0 atom stereocenters. The molecule has 0 N–H and O–H groups in total. The van der Waals surface area contributed by atoms with Crippen LogP contribution in [-0.2, 0) is 26.1 Å². The molecule has 5 aliphatic rings. The van der Waals surface area contributed by atoms with Crippen molar-refractivity contribution in [2.24, 2.45) is 0 Å². The first-order valence-corrected chi connectivity index (χ1v) is 19.4. The minimum atomic E-state index is -3.74. The second-order valence-electron chi connectivity index (χ2n) is 14.7. The molecule has 2 saturated carbocycles. The van der Waals surface area contributed by atoms with Crippen molar-refractivity contribution >= 4 is 21.8 Å². The normalized spacial score (nSPS) is 21.8. The maximum absolute atomic E-state index is 13.8. The number of amides is 2. The van der Waals surface area contributed by atoms with Crippen LogP contribution in [-0.4, -0.2) is 134 Å². The number of aryl methyl sites for hydroxylation is 2. The van der Waals surface area contributed by atoms with Crippen LogP contribution in [0.25, 0.3) is 0 Å². The highest BCUT2D eigenvalue weighted by molar-refractivity contribution is 7.89. The molecule has 4 fully saturated rings. The first-order valence-electron chi connectivity index (χ1n) is 18.0. The molecule has 0 spiro atoms. The zero-order valence-corrected chi connectivity index (χ0v) is 30.0. The molecule has 12 heteroatoms. The number of piperidine rings is 1. The fraction of sp³-hybridized carbons (Fsp3) is 0.622. The molecular formula is C37H51N5O6S. The Hall–Kier alpha value is -3.03. The Morgan fingerprint density at radius 2 is 1.63 bits per heavy atom. The van der Waals surface area contributed by atoms with Gasteiger partial charge >= 0.3 is 0 Å². The molecule has 0 unspecified atom stereocenters. The van der Waals surface area contributed by atoms with Gasteiger partial charge in [-0.25, -0.2) is 8.42 Å². The van der Waals surface area contributed by atoms with E-state index in [0.717, 1.165) is 69.0 Å². The third kappa shape index (κ3) is 7.12. The zero-order valence-electron chi connectivity index (χ0n) is 29.2. The highest BCUT2D eigenvalue weighted by Gasteiger charge is 2.46. The van der Waals surface area contributed by atoms with E-state index >= 15 is 0 Å². The maximum Gasteiger partial charge on any atom is 0.254 e. The number of nitrogens with zero attached hydrogens (tertiary/aromatic N) is 5. The summed E-state index contributed by atoms with van der Waals surface area (Å²) in [5, 5.41) is 0. The van der Waals surface area contributed by atoms with Crippen molar-refractivity contribution in [1.29, 1.82) is 0 Å². The Morgan fingerprint density at radius 3 is 2.24 bits per heavy atom. The van der Waals surface area contributed by atoms with E-state index in [2.05, 4.69) is 15.9 Å². The smallest absolute Gasteiger partial charge is 0.254 e. The van der Waals surface area contributed by atoms with Crippen LogP contribution < -0.4 is 4.74 Å². The standard InChI is InChI=1S/C37H51N5O6S/c1-27-22-32(47-3)23-28(2)35(27)49(45,46)42(31-10-11-31)20-21-48-25-34(43)39-14-12-37(13-15-39,41-18-16-38(17-19-41)30-8-9-30)26-40-24-29-6-4-5-7-33(29)36(40)44/h4-7,22-23,30-31H,8-21,24-26H2,1-3H3. The topological polar surface area (TPSA) is 103 Å². The van der Waals surface area contributed by atoms with Gasteiger partial charge in [0.05, 0.1) is 18.6 Å². The number of likely N-dealkylation sites (tertiary alicyclic amines) is 1. The van der Waals surface area contributed by atoms with Crippen molar-refractivity contribution in [3.63, 3.8) is 0 Å². The lowest BCUT2D eigenvalue weighted by Crippen LogP contribution is -2.65. The van der Waals surface area contributed by atoms with Gasteiger partial charge < -0.3 is 19.3 Å². The predicted molar refractivity (Wildman–Crippen MR) is 186 cm³/mol. The van der Waals surface area contributed by atoms with Gasteiger partial charge in [-0.2, -0.15) is 4.31 Å². The summed E-state index contributed by atoms with van der Waals surface area (Å²) >= 11 is 0. The summed E-state index contributed by atoms with van der Waals surface area (Å²) in [6, 6.07) is 12.1. The average Bonchev–Trinajstić information content (AvgIpc) is 4.03. The molecule has 0 bridgehead atoms. The molecule has 266 valence electrons. The number of fused-ring (bicyclic) bond motifs is 1. The fourth-order valence-corrected chi connectivity index (χ4v) is 10.4. The van der Waals surface area contributed by atoms with Gasteiger partial charge in [0.1, 0.15) is 12.4 Å². The van der Waals surface area contributed by atoms with Crippen molar-refractivity contribution in [2.45, 2.75) is 81.4 Å². The Balaban J connectivity index is 0.953. The van der Waals surface area contributed by atoms with Crippen molar-refractivity contribution in [3.8, 4) is 5.75 Å². The summed E-state index contributed by atoms with van der Waals surface area (Å²) < 4.78 is 40.4. The number of sulfonamides is 1. The van der Waals surface area contributed by atoms with E-state index in [-0.39, 0.29) is 43.2 Å². The van der Waals surface area contributed by atoms with Crippen LogP contribution in [0.5, 0.6) is 5.75 Å². The molecule has 11 nitrogen and oxygen atoms in total. The quantitative estimate of drug-likeness (QED) is 0.295. The monoisotopic (exact) mass is 693 g/mol. The number of ether oxygens (including phenoxy) is 2. The number of carbonyl (C=O) groups is 2. The van der Waals surface area contributed by atoms with E-state index in [1.807, 2.05) is 28.0 Å². The van der Waals surface area contributed by atoms with Crippen LogP contribution in [0.1, 0.15) is 65.6 Å². The number of methoxy groups -OCH3 is 1. The second kappa shape index (κ2) is 13.9. The molecule has 2 saturated heterocycles. The molecule has 0 aromatic heterocycles. The molecule has 2 aliphatic carbocycles. The highest BCUT2D eigenvalue weighted by Crippen LogP contribution is 2.37. The van der Waals surface area contributed by atoms with Gasteiger partial charge in [0.2, 0.25) is 15.9 Å². The van der Waals surface area contributed by atoms with Gasteiger partial charge in [0.15, 0.2) is 0 Å². The Bertz CT molecular complexity index is 1640. The average molecular weight is 694 g/mol. The first kappa shape index (κ1) is 34.4. The van der Waals surface area contributed by atoms with Crippen LogP contribution >= 0.6 is 0 Å². The van der Waals surface area contributed by atoms with E-state index < -0.39 is 10.0 Å². The summed E-state index contributed by atoms with van der Waals surface area (Å²) in [4.78, 5) is 36.3. The minimum absolute atomic E-state index is 0.0400. The summed E-state index contributed by atoms with van der Waals surface area (Å²) in [6.45, 7) is 10.5. The number of carbonyl (C=O) groups excluding carboxylic acids is 2. The van der Waals surface area contributed by atoms with Gasteiger partial charge in [0, 0.05) is 82.1 Å². The van der Waals surface area contributed by atoms with Crippen molar-refractivity contribution in [2.75, 3.05) is 72.7 Å². The largest absolute Gasteiger partial charge is 0.497 e. The molecular weight excluding hydrogens is 643 g/mol. The first-order chi connectivity index (χ1) is 23.6. The van der Waals surface area contributed by atoms with Gasteiger partial charge in [-0.05, 0) is 87.3 Å². The highest BCUT2D eigenvalue weighted by atomic mass is 32.2. The Labute approximate surface area is 291 Å². The molecule has 49 heavy (non-hydrogen) atoms. The number of benzene rings is 2. The molecule has 3 heterocycles. The van der Waals surface area contributed by atoms with E-state index in [1.165, 1.54) is 12.8 Å². The van der Waals surface area contributed by atoms with E-state index in [0.29, 0.717) is 48.0 Å². The summed E-state index contributed by atoms with van der Waals surface area (Å²) in [6.07, 6.45) is 5.87. The summed E-state index contributed by atoms with van der Waals surface area (Å²) in [7, 11) is -2.16. The van der Waals surface area contributed by atoms with Crippen LogP contribution in [0.3, 0.4) is 0 Å². The van der Waals surface area contributed by atoms with E-state index in [1.54, 1.807) is 37.4 Å². The van der Waals surface area contributed by atoms with Gasteiger partial charge in [-0.3, -0.25) is 19.4 Å². The Morgan fingerprint density at radius 1 is 0.959 bits per heavy atom. The summed E-state index contributed by atoms with van der Waals surface area (Å²) in [5.74, 6) is 0.674. The van der Waals surface area contributed by atoms with Gasteiger partial charge in [-0.15, -0.1) is 0 Å². The van der Waals surface area contributed by atoms with E-state index in [9.17, 15) is 18.0 Å². The molecule has 2 aromatic rings. The van der Waals surface area contributed by atoms with Crippen LogP contribution in [0.2, 0.25) is 0 Å². The summed E-state index contributed by atoms with van der Waals surface area (Å²) in [5.41, 5.74) is 3.03. The molecule has 7 rings (SSSR count). The van der Waals surface area contributed by atoms with Crippen LogP contribution in [0, 0.1) is 13.8 Å².